The predicted molar refractivity (Wildman–Crippen MR) is 67.2 cm³/mol. The molecule has 0 aliphatic carbocycles. The van der Waals surface area contributed by atoms with Gasteiger partial charge in [-0.15, -0.1) is 0 Å². The van der Waals surface area contributed by atoms with Crippen LogP contribution in [0.15, 0.2) is 33.7 Å². The smallest absolute Gasteiger partial charge is 0.334 e. The Labute approximate surface area is 118 Å². The Morgan fingerprint density at radius 1 is 1.24 bits per heavy atom. The fourth-order valence-corrected chi connectivity index (χ4v) is 2.57. The number of alkyl halides is 3. The van der Waals surface area contributed by atoms with E-state index in [-0.39, 0.29) is 22.2 Å². The maximum absolute atomic E-state index is 12.1. The van der Waals surface area contributed by atoms with Crippen LogP contribution >= 0.6 is 0 Å². The summed E-state index contributed by atoms with van der Waals surface area (Å²) in [6.07, 6.45) is -4.79. The molecule has 1 aromatic carbocycles. The molecule has 0 bridgehead atoms. The number of hydrogen-bond acceptors (Lipinski definition) is 5. The summed E-state index contributed by atoms with van der Waals surface area (Å²) in [4.78, 5) is 3.80. The van der Waals surface area contributed by atoms with E-state index >= 15 is 0 Å². The van der Waals surface area contributed by atoms with E-state index in [9.17, 15) is 21.6 Å². The van der Waals surface area contributed by atoms with Crippen LogP contribution in [-0.4, -0.2) is 31.0 Å². The SMILES string of the molecule is CS(=O)(=O)c1ccccc1-c1nc(CCC(F)(F)F)no1. The molecule has 114 valence electrons. The van der Waals surface area contributed by atoms with Gasteiger partial charge >= 0.3 is 6.18 Å². The van der Waals surface area contributed by atoms with Gasteiger partial charge < -0.3 is 4.52 Å². The van der Waals surface area contributed by atoms with Gasteiger partial charge in [0.1, 0.15) is 0 Å². The van der Waals surface area contributed by atoms with Gasteiger partial charge in [-0.05, 0) is 12.1 Å². The Morgan fingerprint density at radius 3 is 2.52 bits per heavy atom. The van der Waals surface area contributed by atoms with Gasteiger partial charge in [0, 0.05) is 12.7 Å². The molecule has 0 saturated heterocycles. The number of aromatic nitrogens is 2. The van der Waals surface area contributed by atoms with Crippen LogP contribution in [0, 0.1) is 0 Å². The van der Waals surface area contributed by atoms with E-state index in [0.29, 0.717) is 0 Å². The summed E-state index contributed by atoms with van der Waals surface area (Å²) < 4.78 is 64.5. The lowest BCUT2D eigenvalue weighted by molar-refractivity contribution is -0.134. The number of benzene rings is 1. The minimum atomic E-state index is -4.31. The Balaban J connectivity index is 2.31. The van der Waals surface area contributed by atoms with Crippen LogP contribution in [0.3, 0.4) is 0 Å². The van der Waals surface area contributed by atoms with E-state index in [2.05, 4.69) is 10.1 Å². The lowest BCUT2D eigenvalue weighted by atomic mass is 10.2. The zero-order valence-corrected chi connectivity index (χ0v) is 11.7. The summed E-state index contributed by atoms with van der Waals surface area (Å²) in [5.74, 6) is -0.237. The lowest BCUT2D eigenvalue weighted by Crippen LogP contribution is -2.09. The summed E-state index contributed by atoms with van der Waals surface area (Å²) in [5, 5.41) is 3.44. The second-order valence-electron chi connectivity index (χ2n) is 4.40. The number of sulfone groups is 1. The number of nitrogens with zero attached hydrogens (tertiary/aromatic N) is 2. The van der Waals surface area contributed by atoms with E-state index in [1.165, 1.54) is 18.2 Å². The molecule has 2 rings (SSSR count). The molecule has 0 atom stereocenters. The molecular formula is C12H11F3N2O3S. The van der Waals surface area contributed by atoms with Crippen molar-refractivity contribution in [2.45, 2.75) is 23.9 Å². The topological polar surface area (TPSA) is 73.1 Å². The third kappa shape index (κ3) is 4.03. The van der Waals surface area contributed by atoms with Crippen molar-refractivity contribution >= 4 is 9.84 Å². The first-order chi connectivity index (χ1) is 9.67. The second kappa shape index (κ2) is 5.47. The van der Waals surface area contributed by atoms with Crippen molar-refractivity contribution in [3.05, 3.63) is 30.1 Å². The first-order valence-electron chi connectivity index (χ1n) is 5.85. The zero-order valence-electron chi connectivity index (χ0n) is 10.9. The van der Waals surface area contributed by atoms with Crippen molar-refractivity contribution in [2.75, 3.05) is 6.26 Å². The summed E-state index contributed by atoms with van der Waals surface area (Å²) in [6.45, 7) is 0. The molecule has 0 amide bonds. The fraction of sp³-hybridized carbons (Fsp3) is 0.333. The highest BCUT2D eigenvalue weighted by atomic mass is 32.2. The van der Waals surface area contributed by atoms with E-state index in [1.807, 2.05) is 0 Å². The average Bonchev–Trinajstić information content (AvgIpc) is 2.83. The molecule has 1 aromatic heterocycles. The summed E-state index contributed by atoms with van der Waals surface area (Å²) in [5.41, 5.74) is 0.172. The van der Waals surface area contributed by atoms with Crippen LogP contribution in [0.5, 0.6) is 0 Å². The van der Waals surface area contributed by atoms with Gasteiger partial charge in [0.25, 0.3) is 5.89 Å². The van der Waals surface area contributed by atoms with Gasteiger partial charge in [0.05, 0.1) is 16.9 Å². The minimum Gasteiger partial charge on any atom is -0.334 e. The Morgan fingerprint density at radius 2 is 1.90 bits per heavy atom. The highest BCUT2D eigenvalue weighted by Gasteiger charge is 2.28. The molecule has 0 spiro atoms. The third-order valence-corrected chi connectivity index (χ3v) is 3.77. The molecule has 0 aliphatic heterocycles. The minimum absolute atomic E-state index is 0.0176. The molecule has 9 heteroatoms. The highest BCUT2D eigenvalue weighted by molar-refractivity contribution is 7.90. The number of halogens is 3. The Kier molecular flexibility index (Phi) is 4.04. The second-order valence-corrected chi connectivity index (χ2v) is 6.38. The van der Waals surface area contributed by atoms with Crippen molar-refractivity contribution < 1.29 is 26.1 Å². The molecular weight excluding hydrogens is 309 g/mol. The summed E-state index contributed by atoms with van der Waals surface area (Å²) in [7, 11) is -3.52. The van der Waals surface area contributed by atoms with Crippen molar-refractivity contribution in [3.63, 3.8) is 0 Å². The molecule has 0 fully saturated rings. The van der Waals surface area contributed by atoms with E-state index in [0.717, 1.165) is 6.26 Å². The molecule has 1 heterocycles. The highest BCUT2D eigenvalue weighted by Crippen LogP contribution is 2.27. The number of aryl methyl sites for hydroxylation is 1. The first kappa shape index (κ1) is 15.5. The maximum Gasteiger partial charge on any atom is 0.389 e. The standard InChI is InChI=1S/C12H11F3N2O3S/c1-21(18,19)9-5-3-2-4-8(9)11-16-10(17-20-11)6-7-12(13,14)15/h2-5H,6-7H2,1H3. The molecule has 0 aliphatic rings. The normalized spacial score (nSPS) is 12.6. The quantitative estimate of drug-likeness (QED) is 0.866. The van der Waals surface area contributed by atoms with Gasteiger partial charge in [-0.25, -0.2) is 8.42 Å². The maximum atomic E-state index is 12.1. The van der Waals surface area contributed by atoms with Crippen molar-refractivity contribution in [3.8, 4) is 11.5 Å². The number of rotatable bonds is 4. The van der Waals surface area contributed by atoms with E-state index < -0.39 is 28.9 Å². The van der Waals surface area contributed by atoms with Crippen LogP contribution in [0.25, 0.3) is 11.5 Å². The van der Waals surface area contributed by atoms with Gasteiger partial charge in [-0.1, -0.05) is 17.3 Å². The van der Waals surface area contributed by atoms with Gasteiger partial charge in [-0.3, -0.25) is 0 Å². The van der Waals surface area contributed by atoms with Gasteiger partial charge in [-0.2, -0.15) is 18.2 Å². The molecule has 2 aromatic rings. The Bertz CT molecular complexity index is 738. The van der Waals surface area contributed by atoms with E-state index in [1.54, 1.807) is 6.07 Å². The van der Waals surface area contributed by atoms with Crippen LogP contribution in [0.1, 0.15) is 12.2 Å². The van der Waals surface area contributed by atoms with Gasteiger partial charge in [0.15, 0.2) is 15.7 Å². The molecule has 0 radical (unpaired) electrons. The first-order valence-corrected chi connectivity index (χ1v) is 7.75. The van der Waals surface area contributed by atoms with Crippen LogP contribution < -0.4 is 0 Å². The van der Waals surface area contributed by atoms with Crippen molar-refractivity contribution in [1.29, 1.82) is 0 Å². The predicted octanol–water partition coefficient (Wildman–Crippen LogP) is 2.64. The summed E-state index contributed by atoms with van der Waals surface area (Å²) >= 11 is 0. The lowest BCUT2D eigenvalue weighted by Gasteiger charge is -2.03. The van der Waals surface area contributed by atoms with Crippen LogP contribution in [-0.2, 0) is 16.3 Å². The third-order valence-electron chi connectivity index (χ3n) is 2.62. The molecule has 0 unspecified atom stereocenters. The van der Waals surface area contributed by atoms with Crippen LogP contribution in [0.2, 0.25) is 0 Å². The van der Waals surface area contributed by atoms with Crippen molar-refractivity contribution in [1.82, 2.24) is 10.1 Å². The average molecular weight is 320 g/mol. The largest absolute Gasteiger partial charge is 0.389 e. The van der Waals surface area contributed by atoms with Gasteiger partial charge in [0.2, 0.25) is 0 Å². The van der Waals surface area contributed by atoms with Crippen molar-refractivity contribution in [2.24, 2.45) is 0 Å². The monoisotopic (exact) mass is 320 g/mol. The molecule has 21 heavy (non-hydrogen) atoms. The molecule has 0 N–H and O–H groups in total. The number of hydrogen-bond donors (Lipinski definition) is 0. The molecule has 5 nitrogen and oxygen atoms in total. The Hall–Kier alpha value is -1.90. The van der Waals surface area contributed by atoms with Crippen LogP contribution in [0.4, 0.5) is 13.2 Å². The summed E-state index contributed by atoms with van der Waals surface area (Å²) in [6, 6.07) is 5.92. The fourth-order valence-electron chi connectivity index (χ4n) is 1.69. The molecule has 0 saturated carbocycles. The van der Waals surface area contributed by atoms with E-state index in [4.69, 9.17) is 4.52 Å². The zero-order chi connectivity index (χ0) is 15.7.